The quantitative estimate of drug-likeness (QED) is 0.440. The van der Waals surface area contributed by atoms with Gasteiger partial charge in [-0.1, -0.05) is 35.4 Å². The smallest absolute Gasteiger partial charge is 0.243 e. The van der Waals surface area contributed by atoms with Gasteiger partial charge in [-0.25, -0.2) is 8.42 Å². The summed E-state index contributed by atoms with van der Waals surface area (Å²) < 4.78 is 34.4. The third kappa shape index (κ3) is 5.15. The Kier molecular flexibility index (Phi) is 6.70. The number of carbonyl (C=O) groups is 1. The summed E-state index contributed by atoms with van der Waals surface area (Å²) in [4.78, 5) is 16.9. The highest BCUT2D eigenvalue weighted by atomic mass is 32.2. The Morgan fingerprint density at radius 1 is 1.03 bits per heavy atom. The van der Waals surface area contributed by atoms with Gasteiger partial charge in [-0.05, 0) is 74.4 Å². The molecule has 0 bridgehead atoms. The van der Waals surface area contributed by atoms with Crippen molar-refractivity contribution in [1.82, 2.24) is 9.21 Å². The fraction of sp³-hybridized carbons (Fsp3) is 0.370. The molecule has 0 N–H and O–H groups in total. The summed E-state index contributed by atoms with van der Waals surface area (Å²) in [5, 5.41) is 2.05. The van der Waals surface area contributed by atoms with Crippen molar-refractivity contribution in [2.24, 2.45) is 0 Å². The molecule has 35 heavy (non-hydrogen) atoms. The molecule has 3 aromatic rings. The van der Waals surface area contributed by atoms with E-state index in [-0.39, 0.29) is 29.4 Å². The fourth-order valence-corrected chi connectivity index (χ4v) is 7.09. The number of carbonyl (C=O) groups excluding carboxylic acids is 1. The Balaban J connectivity index is 1.37. The second-order valence-electron chi connectivity index (χ2n) is 9.37. The average molecular weight is 511 g/mol. The van der Waals surface area contributed by atoms with Gasteiger partial charge in [-0.15, -0.1) is 11.3 Å². The van der Waals surface area contributed by atoms with Gasteiger partial charge in [0.15, 0.2) is 0 Å². The van der Waals surface area contributed by atoms with Crippen molar-refractivity contribution in [2.45, 2.75) is 50.1 Å². The van der Waals surface area contributed by atoms with E-state index in [1.807, 2.05) is 43.0 Å². The molecule has 8 heteroatoms. The molecule has 1 amide bonds. The number of nitrogens with zero attached hydrogens (tertiary/aromatic N) is 2. The van der Waals surface area contributed by atoms with E-state index >= 15 is 0 Å². The largest absolute Gasteiger partial charge is 0.491 e. The van der Waals surface area contributed by atoms with Gasteiger partial charge in [0, 0.05) is 17.5 Å². The molecule has 0 spiro atoms. The maximum absolute atomic E-state index is 13.6. The summed E-state index contributed by atoms with van der Waals surface area (Å²) in [7, 11) is -3.76. The second-order valence-corrected chi connectivity index (χ2v) is 12.3. The highest BCUT2D eigenvalue weighted by molar-refractivity contribution is 7.89. The normalized spacial score (nSPS) is 17.9. The van der Waals surface area contributed by atoms with E-state index in [0.717, 1.165) is 41.7 Å². The number of hydrogen-bond donors (Lipinski definition) is 0. The van der Waals surface area contributed by atoms with Gasteiger partial charge in [0.05, 0.1) is 17.5 Å². The van der Waals surface area contributed by atoms with Crippen LogP contribution in [0.4, 0.5) is 0 Å². The number of benzene rings is 2. The molecule has 1 unspecified atom stereocenters. The monoisotopic (exact) mass is 510 g/mol. The Hall–Kier alpha value is -2.68. The molecule has 2 heterocycles. The Bertz CT molecular complexity index is 1300. The summed E-state index contributed by atoms with van der Waals surface area (Å²) in [6, 6.07) is 16.4. The van der Waals surface area contributed by atoms with Crippen molar-refractivity contribution in [1.29, 1.82) is 0 Å². The van der Waals surface area contributed by atoms with Crippen LogP contribution in [0, 0.1) is 13.8 Å². The molecule has 1 aliphatic carbocycles. The van der Waals surface area contributed by atoms with Crippen molar-refractivity contribution in [3.8, 4) is 5.75 Å². The van der Waals surface area contributed by atoms with Crippen LogP contribution in [0.1, 0.15) is 40.5 Å². The first-order valence-electron chi connectivity index (χ1n) is 12.0. The molecule has 2 aliphatic rings. The summed E-state index contributed by atoms with van der Waals surface area (Å²) in [6.07, 6.45) is 2.34. The first-order chi connectivity index (χ1) is 16.8. The zero-order valence-corrected chi connectivity index (χ0v) is 21.6. The van der Waals surface area contributed by atoms with E-state index in [9.17, 15) is 13.2 Å². The molecule has 1 atom stereocenters. The number of amides is 1. The summed E-state index contributed by atoms with van der Waals surface area (Å²) >= 11 is 1.70. The molecule has 1 fully saturated rings. The predicted molar refractivity (Wildman–Crippen MR) is 137 cm³/mol. The molecular formula is C27H30N2O4S2. The van der Waals surface area contributed by atoms with Crippen molar-refractivity contribution < 1.29 is 17.9 Å². The van der Waals surface area contributed by atoms with Crippen LogP contribution in [-0.4, -0.2) is 49.3 Å². The lowest BCUT2D eigenvalue weighted by molar-refractivity contribution is -0.135. The first-order valence-corrected chi connectivity index (χ1v) is 14.3. The van der Waals surface area contributed by atoms with Gasteiger partial charge in [0.2, 0.25) is 15.9 Å². The van der Waals surface area contributed by atoms with Crippen LogP contribution in [0.2, 0.25) is 0 Å². The molecule has 0 saturated heterocycles. The molecule has 5 rings (SSSR count). The summed E-state index contributed by atoms with van der Waals surface area (Å²) in [6.45, 7) is 4.68. The maximum atomic E-state index is 13.6. The van der Waals surface area contributed by atoms with E-state index in [0.29, 0.717) is 13.2 Å². The zero-order chi connectivity index (χ0) is 24.6. The van der Waals surface area contributed by atoms with E-state index < -0.39 is 10.0 Å². The minimum absolute atomic E-state index is 0.117. The van der Waals surface area contributed by atoms with Crippen LogP contribution in [0.15, 0.2) is 64.9 Å². The average Bonchev–Trinajstić information content (AvgIpc) is 3.57. The van der Waals surface area contributed by atoms with Crippen LogP contribution < -0.4 is 4.74 Å². The van der Waals surface area contributed by atoms with Crippen LogP contribution in [-0.2, 0) is 21.2 Å². The van der Waals surface area contributed by atoms with Crippen molar-refractivity contribution in [3.63, 3.8) is 0 Å². The number of hydrogen-bond acceptors (Lipinski definition) is 5. The van der Waals surface area contributed by atoms with Gasteiger partial charge in [-0.2, -0.15) is 4.31 Å². The number of thiophene rings is 1. The van der Waals surface area contributed by atoms with Crippen molar-refractivity contribution in [2.75, 3.05) is 19.7 Å². The Labute approximate surface area is 211 Å². The number of rotatable bonds is 8. The highest BCUT2D eigenvalue weighted by Crippen LogP contribution is 2.36. The van der Waals surface area contributed by atoms with Gasteiger partial charge in [0.1, 0.15) is 12.4 Å². The van der Waals surface area contributed by atoms with Gasteiger partial charge in [0.25, 0.3) is 0 Å². The van der Waals surface area contributed by atoms with E-state index in [1.54, 1.807) is 35.6 Å². The third-order valence-corrected chi connectivity index (χ3v) is 9.63. The molecule has 0 radical (unpaired) electrons. The number of ether oxygens (including phenoxy) is 1. The van der Waals surface area contributed by atoms with Crippen molar-refractivity contribution in [3.05, 3.63) is 81.5 Å². The predicted octanol–water partition coefficient (Wildman–Crippen LogP) is 4.72. The summed E-state index contributed by atoms with van der Waals surface area (Å²) in [5.74, 6) is 0.578. The molecule has 1 aliphatic heterocycles. The Morgan fingerprint density at radius 3 is 2.34 bits per heavy atom. The van der Waals surface area contributed by atoms with E-state index in [2.05, 4.69) is 11.4 Å². The fourth-order valence-electron chi connectivity index (χ4n) is 4.53. The van der Waals surface area contributed by atoms with Gasteiger partial charge >= 0.3 is 0 Å². The molecule has 2 aromatic carbocycles. The lowest BCUT2D eigenvalue weighted by Crippen LogP contribution is -2.48. The van der Waals surface area contributed by atoms with Gasteiger partial charge < -0.3 is 9.64 Å². The summed E-state index contributed by atoms with van der Waals surface area (Å²) in [5.41, 5.74) is 3.25. The minimum Gasteiger partial charge on any atom is -0.491 e. The zero-order valence-electron chi connectivity index (χ0n) is 20.0. The maximum Gasteiger partial charge on any atom is 0.243 e. The minimum atomic E-state index is -3.76. The topological polar surface area (TPSA) is 66.9 Å². The molecule has 1 saturated carbocycles. The van der Waals surface area contributed by atoms with E-state index in [4.69, 9.17) is 4.74 Å². The standard InChI is InChI=1S/C27H30N2O4S2/c1-19-3-9-22(10-4-19)33-18-25-24-14-16-34-26(24)13-15-28(25)27(30)17-29(21-7-8-21)35(31,32)23-11-5-20(2)6-12-23/h3-6,9-12,14,16,21,25H,7-8,13,15,17-18H2,1-2H3. The molecular weight excluding hydrogens is 480 g/mol. The molecule has 184 valence electrons. The SMILES string of the molecule is Cc1ccc(OCC2c3ccsc3CCN2C(=O)CN(C2CC2)S(=O)(=O)c2ccc(C)cc2)cc1. The first kappa shape index (κ1) is 24.0. The van der Waals surface area contributed by atoms with Crippen LogP contribution >= 0.6 is 11.3 Å². The highest BCUT2D eigenvalue weighted by Gasteiger charge is 2.41. The van der Waals surface area contributed by atoms with Crippen LogP contribution in [0.5, 0.6) is 5.75 Å². The molecule has 6 nitrogen and oxygen atoms in total. The van der Waals surface area contributed by atoms with Crippen molar-refractivity contribution >= 4 is 27.3 Å². The van der Waals surface area contributed by atoms with E-state index in [1.165, 1.54) is 9.18 Å². The third-order valence-electron chi connectivity index (χ3n) is 6.72. The Morgan fingerprint density at radius 2 is 1.69 bits per heavy atom. The van der Waals surface area contributed by atoms with Crippen LogP contribution in [0.25, 0.3) is 0 Å². The molecule has 1 aromatic heterocycles. The number of sulfonamides is 1. The number of fused-ring (bicyclic) bond motifs is 1. The second kappa shape index (κ2) is 9.76. The number of aryl methyl sites for hydroxylation is 2. The van der Waals surface area contributed by atoms with Crippen LogP contribution in [0.3, 0.4) is 0 Å². The lowest BCUT2D eigenvalue weighted by atomic mass is 10.0. The van der Waals surface area contributed by atoms with Gasteiger partial charge in [-0.3, -0.25) is 4.79 Å². The lowest BCUT2D eigenvalue weighted by Gasteiger charge is -2.37.